The molecule has 0 amide bonds. The van der Waals surface area contributed by atoms with Crippen LogP contribution < -0.4 is 0 Å². The SMILES string of the molecule is CC(C)n1c2ccccc2c2c(-c3ccnc(-c4cc(-c5cccc6c5nc(-c5ccccc5O)n6-c5cc(C(C)(C)C)cc(C(C)(C)C)c5)cc(C(C)(C)C)c4)c3)cccc21. The number of aromatic nitrogens is 4. The molecule has 5 nitrogen and oxygen atoms in total. The Morgan fingerprint density at radius 1 is 0.516 bits per heavy atom. The lowest BCUT2D eigenvalue weighted by Gasteiger charge is -2.27. The molecule has 0 bridgehead atoms. The van der Waals surface area contributed by atoms with Crippen molar-refractivity contribution in [3.8, 4) is 56.3 Å². The lowest BCUT2D eigenvalue weighted by atomic mass is 9.80. The van der Waals surface area contributed by atoms with Crippen molar-refractivity contribution in [3.05, 3.63) is 156 Å². The van der Waals surface area contributed by atoms with E-state index in [1.807, 2.05) is 24.4 Å². The maximum absolute atomic E-state index is 11.4. The van der Waals surface area contributed by atoms with Gasteiger partial charge in [-0.3, -0.25) is 9.55 Å². The third kappa shape index (κ3) is 7.17. The van der Waals surface area contributed by atoms with E-state index in [0.29, 0.717) is 17.4 Å². The van der Waals surface area contributed by atoms with Crippen molar-refractivity contribution in [2.45, 2.75) is 98.4 Å². The van der Waals surface area contributed by atoms with E-state index in [0.717, 1.165) is 44.7 Å². The predicted octanol–water partition coefficient (Wildman–Crippen LogP) is 15.4. The molecule has 0 unspecified atom stereocenters. The number of nitrogens with zero attached hydrogens (tertiary/aromatic N) is 4. The number of phenols is 1. The van der Waals surface area contributed by atoms with Gasteiger partial charge in [-0.25, -0.2) is 4.98 Å². The highest BCUT2D eigenvalue weighted by Crippen LogP contribution is 2.43. The second-order valence-corrected chi connectivity index (χ2v) is 20.4. The number of pyridine rings is 1. The number of phenolic OH excluding ortho intramolecular Hbond substituents is 1. The fourth-order valence-corrected chi connectivity index (χ4v) is 9.01. The summed E-state index contributed by atoms with van der Waals surface area (Å²) in [4.78, 5) is 10.5. The fourth-order valence-electron chi connectivity index (χ4n) is 9.01. The third-order valence-corrected chi connectivity index (χ3v) is 12.5. The second-order valence-electron chi connectivity index (χ2n) is 20.4. The first-order valence-corrected chi connectivity index (χ1v) is 22.0. The lowest BCUT2D eigenvalue weighted by molar-refractivity contribution is 0.477. The molecule has 5 heteroatoms. The highest BCUT2D eigenvalue weighted by molar-refractivity contribution is 6.15. The molecule has 1 N–H and O–H groups in total. The van der Waals surface area contributed by atoms with E-state index in [1.54, 1.807) is 6.07 Å². The van der Waals surface area contributed by atoms with Crippen LogP contribution in [0.3, 0.4) is 0 Å². The van der Waals surface area contributed by atoms with Gasteiger partial charge in [-0.2, -0.15) is 0 Å². The Hall–Kier alpha value is -6.46. The van der Waals surface area contributed by atoms with E-state index in [-0.39, 0.29) is 22.0 Å². The first-order chi connectivity index (χ1) is 29.4. The molecule has 6 aromatic carbocycles. The van der Waals surface area contributed by atoms with Crippen molar-refractivity contribution in [2.75, 3.05) is 0 Å². The largest absolute Gasteiger partial charge is 0.507 e. The van der Waals surface area contributed by atoms with Gasteiger partial charge in [0.1, 0.15) is 11.6 Å². The Kier molecular flexibility index (Phi) is 9.81. The summed E-state index contributed by atoms with van der Waals surface area (Å²) < 4.78 is 4.70. The third-order valence-electron chi connectivity index (χ3n) is 12.5. The van der Waals surface area contributed by atoms with E-state index in [1.165, 1.54) is 44.1 Å². The van der Waals surface area contributed by atoms with Gasteiger partial charge in [-0.1, -0.05) is 129 Å². The predicted molar refractivity (Wildman–Crippen MR) is 262 cm³/mol. The van der Waals surface area contributed by atoms with Crippen molar-refractivity contribution < 1.29 is 5.11 Å². The number of rotatable bonds is 6. The van der Waals surface area contributed by atoms with Crippen LogP contribution >= 0.6 is 0 Å². The van der Waals surface area contributed by atoms with E-state index in [9.17, 15) is 5.11 Å². The quantitative estimate of drug-likeness (QED) is 0.182. The number of fused-ring (bicyclic) bond motifs is 4. The normalized spacial score (nSPS) is 12.6. The molecular weight excluding hydrogens is 757 g/mol. The summed E-state index contributed by atoms with van der Waals surface area (Å²) in [6.07, 6.45) is 1.95. The van der Waals surface area contributed by atoms with Gasteiger partial charge >= 0.3 is 0 Å². The number of aromatic hydroxyl groups is 1. The summed E-state index contributed by atoms with van der Waals surface area (Å²) in [5.74, 6) is 0.895. The number of para-hydroxylation sites is 3. The molecule has 0 radical (unpaired) electrons. The molecule has 0 aliphatic heterocycles. The zero-order chi connectivity index (χ0) is 43.9. The Labute approximate surface area is 366 Å². The Balaban J connectivity index is 1.27. The van der Waals surface area contributed by atoms with Gasteiger partial charge in [-0.05, 0) is 130 Å². The van der Waals surface area contributed by atoms with Gasteiger partial charge < -0.3 is 9.67 Å². The van der Waals surface area contributed by atoms with Crippen molar-refractivity contribution in [3.63, 3.8) is 0 Å². The summed E-state index contributed by atoms with van der Waals surface area (Å²) in [6.45, 7) is 24.9. The van der Waals surface area contributed by atoms with Gasteiger partial charge in [0.05, 0.1) is 22.3 Å². The summed E-state index contributed by atoms with van der Waals surface area (Å²) in [7, 11) is 0. The molecule has 62 heavy (non-hydrogen) atoms. The van der Waals surface area contributed by atoms with E-state index in [4.69, 9.17) is 9.97 Å². The summed E-state index contributed by atoms with van der Waals surface area (Å²) >= 11 is 0. The number of hydrogen-bond acceptors (Lipinski definition) is 3. The monoisotopic (exact) mass is 814 g/mol. The van der Waals surface area contributed by atoms with Crippen molar-refractivity contribution >= 4 is 32.8 Å². The van der Waals surface area contributed by atoms with E-state index >= 15 is 0 Å². The minimum absolute atomic E-state index is 0.0821. The highest BCUT2D eigenvalue weighted by Gasteiger charge is 2.26. The molecule has 0 saturated heterocycles. The van der Waals surface area contributed by atoms with Crippen molar-refractivity contribution in [2.24, 2.45) is 0 Å². The second kappa shape index (κ2) is 14.9. The Morgan fingerprint density at radius 2 is 1.10 bits per heavy atom. The van der Waals surface area contributed by atoms with E-state index in [2.05, 4.69) is 194 Å². The summed E-state index contributed by atoms with van der Waals surface area (Å²) in [6, 6.07) is 48.0. The number of benzene rings is 6. The van der Waals surface area contributed by atoms with Gasteiger partial charge in [0, 0.05) is 50.9 Å². The summed E-state index contributed by atoms with van der Waals surface area (Å²) in [5, 5.41) is 13.9. The molecule has 0 aliphatic carbocycles. The van der Waals surface area contributed by atoms with Gasteiger partial charge in [0.25, 0.3) is 0 Å². The molecule has 3 heterocycles. The maximum atomic E-state index is 11.4. The van der Waals surface area contributed by atoms with Crippen LogP contribution in [0.2, 0.25) is 0 Å². The minimum Gasteiger partial charge on any atom is -0.507 e. The number of hydrogen-bond donors (Lipinski definition) is 1. The fraction of sp³-hybridized carbons (Fsp3) is 0.263. The molecule has 0 aliphatic rings. The smallest absolute Gasteiger partial charge is 0.149 e. The van der Waals surface area contributed by atoms with Crippen LogP contribution in [0, 0.1) is 0 Å². The van der Waals surface area contributed by atoms with Crippen LogP contribution in [0.15, 0.2) is 140 Å². The summed E-state index contributed by atoms with van der Waals surface area (Å²) in [5.41, 5.74) is 15.9. The van der Waals surface area contributed by atoms with Crippen LogP contribution in [-0.4, -0.2) is 24.2 Å². The first-order valence-electron chi connectivity index (χ1n) is 22.0. The number of imidazole rings is 1. The van der Waals surface area contributed by atoms with Gasteiger partial charge in [-0.15, -0.1) is 0 Å². The highest BCUT2D eigenvalue weighted by atomic mass is 16.3. The lowest BCUT2D eigenvalue weighted by Crippen LogP contribution is -2.17. The van der Waals surface area contributed by atoms with Crippen LogP contribution in [0.5, 0.6) is 5.75 Å². The topological polar surface area (TPSA) is 55.9 Å². The Morgan fingerprint density at radius 3 is 1.77 bits per heavy atom. The van der Waals surface area contributed by atoms with Crippen molar-refractivity contribution in [1.29, 1.82) is 0 Å². The zero-order valence-corrected chi connectivity index (χ0v) is 38.1. The molecular formula is C57H58N4O. The molecule has 9 aromatic rings. The van der Waals surface area contributed by atoms with Crippen LogP contribution in [0.25, 0.3) is 83.4 Å². The minimum atomic E-state index is -0.141. The standard InChI is InChI=1S/C57H58N4O/c1-35(2)60-48-22-14-12-18-45(48)52-43(20-16-23-49(52)60)36-26-27-58-47(31-36)38-28-37(29-39(30-38)55(3,4)5)44-21-17-24-50-53(44)59-54(46-19-13-15-25-51(46)62)61(50)42-33-40(56(6,7)8)32-41(34-42)57(9,10)11/h12-35,62H,1-11H3. The zero-order valence-electron chi connectivity index (χ0n) is 38.1. The molecule has 0 atom stereocenters. The first kappa shape index (κ1) is 40.9. The van der Waals surface area contributed by atoms with E-state index < -0.39 is 0 Å². The van der Waals surface area contributed by atoms with Crippen LogP contribution in [0.1, 0.15) is 98.9 Å². The molecule has 3 aromatic heterocycles. The molecule has 0 saturated carbocycles. The Bertz CT molecular complexity index is 3140. The van der Waals surface area contributed by atoms with Gasteiger partial charge in [0.15, 0.2) is 0 Å². The van der Waals surface area contributed by atoms with Crippen LogP contribution in [-0.2, 0) is 16.2 Å². The molecule has 0 spiro atoms. The maximum Gasteiger partial charge on any atom is 0.149 e. The van der Waals surface area contributed by atoms with Crippen LogP contribution in [0.4, 0.5) is 0 Å². The molecule has 312 valence electrons. The average molecular weight is 815 g/mol. The van der Waals surface area contributed by atoms with Gasteiger partial charge in [0.2, 0.25) is 0 Å². The molecule has 0 fully saturated rings. The van der Waals surface area contributed by atoms with Crippen molar-refractivity contribution in [1.82, 2.24) is 19.1 Å². The average Bonchev–Trinajstić information content (AvgIpc) is 3.79. The molecule has 9 rings (SSSR count).